The van der Waals surface area contributed by atoms with Crippen LogP contribution in [0.5, 0.6) is 0 Å². The smallest absolute Gasteiger partial charge is 0.323 e. The number of amides is 2. The van der Waals surface area contributed by atoms with Crippen molar-refractivity contribution in [1.82, 2.24) is 10.1 Å². The highest BCUT2D eigenvalue weighted by Gasteiger charge is 2.39. The Hall–Kier alpha value is -2.55. The molecule has 144 valence electrons. The molecule has 2 aliphatic rings. The third-order valence-electron chi connectivity index (χ3n) is 5.10. The molecule has 0 saturated carbocycles. The molecule has 3 heterocycles. The van der Waals surface area contributed by atoms with E-state index >= 15 is 0 Å². The summed E-state index contributed by atoms with van der Waals surface area (Å²) in [5.41, 5.74) is 1.81. The van der Waals surface area contributed by atoms with Crippen molar-refractivity contribution in [2.75, 3.05) is 29.3 Å². The standard InChI is InChI=1S/C18H22N4O4S/c1-13-11-17(20-26-13)19-18(23)21-9-4-6-15(12-21)27(24,25)22-10-8-14-5-2-3-7-16(14)22/h2-3,5,7,11,15H,4,6,8-10,12H2,1H3,(H,19,20,23)/t15-/m0/s1. The topological polar surface area (TPSA) is 95.8 Å². The molecular formula is C18H22N4O4S. The molecule has 1 fully saturated rings. The molecule has 1 saturated heterocycles. The summed E-state index contributed by atoms with van der Waals surface area (Å²) >= 11 is 0. The van der Waals surface area contributed by atoms with E-state index in [0.29, 0.717) is 37.5 Å². The van der Waals surface area contributed by atoms with Gasteiger partial charge in [0.2, 0.25) is 10.0 Å². The Balaban J connectivity index is 1.48. The molecule has 0 bridgehead atoms. The van der Waals surface area contributed by atoms with Crippen molar-refractivity contribution >= 4 is 27.6 Å². The van der Waals surface area contributed by atoms with Crippen molar-refractivity contribution in [3.63, 3.8) is 0 Å². The molecule has 2 aromatic rings. The van der Waals surface area contributed by atoms with Gasteiger partial charge in [-0.15, -0.1) is 0 Å². The molecule has 8 nitrogen and oxygen atoms in total. The number of carbonyl (C=O) groups is 1. The van der Waals surface area contributed by atoms with Crippen LogP contribution in [0.4, 0.5) is 16.3 Å². The van der Waals surface area contributed by atoms with Gasteiger partial charge in [0.1, 0.15) is 5.76 Å². The third-order valence-corrected chi connectivity index (χ3v) is 7.32. The molecule has 0 unspecified atom stereocenters. The summed E-state index contributed by atoms with van der Waals surface area (Å²) in [6, 6.07) is 8.85. The van der Waals surface area contributed by atoms with Crippen LogP contribution in [0.1, 0.15) is 24.2 Å². The Labute approximate surface area is 158 Å². The summed E-state index contributed by atoms with van der Waals surface area (Å²) in [5, 5.41) is 5.80. The molecule has 0 radical (unpaired) electrons. The monoisotopic (exact) mass is 390 g/mol. The summed E-state index contributed by atoms with van der Waals surface area (Å²) in [6.07, 6.45) is 1.91. The van der Waals surface area contributed by atoms with Crippen LogP contribution in [0.25, 0.3) is 0 Å². The van der Waals surface area contributed by atoms with Crippen LogP contribution < -0.4 is 9.62 Å². The largest absolute Gasteiger partial charge is 0.360 e. The van der Waals surface area contributed by atoms with Crippen molar-refractivity contribution in [2.45, 2.75) is 31.4 Å². The first kappa shape index (κ1) is 17.8. The van der Waals surface area contributed by atoms with Crippen molar-refractivity contribution in [2.24, 2.45) is 0 Å². The number of nitrogens with zero attached hydrogens (tertiary/aromatic N) is 3. The van der Waals surface area contributed by atoms with Crippen LogP contribution in [-0.4, -0.2) is 49.4 Å². The summed E-state index contributed by atoms with van der Waals surface area (Å²) in [5.74, 6) is 0.924. The van der Waals surface area contributed by atoms with E-state index in [1.807, 2.05) is 24.3 Å². The summed E-state index contributed by atoms with van der Waals surface area (Å²) in [6.45, 7) is 2.89. The number of benzene rings is 1. The molecule has 2 aliphatic heterocycles. The molecule has 1 atom stereocenters. The lowest BCUT2D eigenvalue weighted by atomic mass is 10.1. The number of rotatable bonds is 3. The van der Waals surface area contributed by atoms with Gasteiger partial charge in [-0.25, -0.2) is 13.2 Å². The lowest BCUT2D eigenvalue weighted by Gasteiger charge is -2.34. The molecule has 0 spiro atoms. The van der Waals surface area contributed by atoms with Crippen molar-refractivity contribution < 1.29 is 17.7 Å². The first-order chi connectivity index (χ1) is 12.9. The zero-order chi connectivity index (χ0) is 19.0. The minimum absolute atomic E-state index is 0.170. The molecule has 0 aliphatic carbocycles. The number of aryl methyl sites for hydroxylation is 1. The predicted octanol–water partition coefficient (Wildman–Crippen LogP) is 2.37. The van der Waals surface area contributed by atoms with E-state index in [-0.39, 0.29) is 12.6 Å². The highest BCUT2D eigenvalue weighted by Crippen LogP contribution is 2.33. The maximum absolute atomic E-state index is 13.2. The number of hydrogen-bond acceptors (Lipinski definition) is 5. The SMILES string of the molecule is Cc1cc(NC(=O)N2CCC[C@H](S(=O)(=O)N3CCc4ccccc43)C2)no1. The number of piperidine rings is 1. The lowest BCUT2D eigenvalue weighted by molar-refractivity contribution is 0.200. The number of sulfonamides is 1. The second-order valence-electron chi connectivity index (χ2n) is 6.96. The van der Waals surface area contributed by atoms with E-state index in [2.05, 4.69) is 10.5 Å². The maximum Gasteiger partial charge on any atom is 0.323 e. The summed E-state index contributed by atoms with van der Waals surface area (Å²) < 4.78 is 32.9. The van der Waals surface area contributed by atoms with Crippen LogP contribution in [-0.2, 0) is 16.4 Å². The molecule has 9 heteroatoms. The molecule has 4 rings (SSSR count). The van der Waals surface area contributed by atoms with Crippen LogP contribution in [0.15, 0.2) is 34.9 Å². The lowest BCUT2D eigenvalue weighted by Crippen LogP contribution is -2.50. The fourth-order valence-corrected chi connectivity index (χ4v) is 5.72. The van der Waals surface area contributed by atoms with Gasteiger partial charge in [-0.2, -0.15) is 0 Å². The first-order valence-corrected chi connectivity index (χ1v) is 10.5. The summed E-state index contributed by atoms with van der Waals surface area (Å²) in [4.78, 5) is 14.0. The van der Waals surface area contributed by atoms with Gasteiger partial charge in [0.15, 0.2) is 5.82 Å². The van der Waals surface area contributed by atoms with Crippen LogP contribution >= 0.6 is 0 Å². The number of nitrogens with one attached hydrogen (secondary N) is 1. The van der Waals surface area contributed by atoms with Crippen LogP contribution in [0.2, 0.25) is 0 Å². The maximum atomic E-state index is 13.2. The predicted molar refractivity (Wildman–Crippen MR) is 101 cm³/mol. The Morgan fingerprint density at radius 1 is 1.30 bits per heavy atom. The fraction of sp³-hybridized carbons (Fsp3) is 0.444. The van der Waals surface area contributed by atoms with Crippen molar-refractivity contribution in [3.05, 3.63) is 41.7 Å². The fourth-order valence-electron chi connectivity index (χ4n) is 3.73. The van der Waals surface area contributed by atoms with Crippen LogP contribution in [0, 0.1) is 6.92 Å². The molecule has 1 aromatic heterocycles. The molecule has 1 N–H and O–H groups in total. The average molecular weight is 390 g/mol. The summed E-state index contributed by atoms with van der Waals surface area (Å²) in [7, 11) is -3.53. The van der Waals surface area contributed by atoms with Gasteiger partial charge in [0.25, 0.3) is 0 Å². The number of anilines is 2. The van der Waals surface area contributed by atoms with Gasteiger partial charge in [-0.3, -0.25) is 9.62 Å². The number of likely N-dealkylation sites (tertiary alicyclic amines) is 1. The highest BCUT2D eigenvalue weighted by molar-refractivity contribution is 7.93. The van der Waals surface area contributed by atoms with E-state index in [1.165, 1.54) is 9.21 Å². The first-order valence-electron chi connectivity index (χ1n) is 9.04. The second kappa shape index (κ2) is 6.88. The van der Waals surface area contributed by atoms with Gasteiger partial charge >= 0.3 is 6.03 Å². The molecule has 1 aromatic carbocycles. The Morgan fingerprint density at radius 2 is 2.11 bits per heavy atom. The zero-order valence-electron chi connectivity index (χ0n) is 15.1. The van der Waals surface area contributed by atoms with Gasteiger partial charge < -0.3 is 9.42 Å². The minimum atomic E-state index is -3.53. The van der Waals surface area contributed by atoms with Crippen molar-refractivity contribution in [3.8, 4) is 0 Å². The van der Waals surface area contributed by atoms with E-state index in [0.717, 1.165) is 17.7 Å². The van der Waals surface area contributed by atoms with Gasteiger partial charge in [0.05, 0.1) is 10.9 Å². The molecule has 27 heavy (non-hydrogen) atoms. The van der Waals surface area contributed by atoms with Gasteiger partial charge in [-0.1, -0.05) is 23.4 Å². The Kier molecular flexibility index (Phi) is 4.55. The molecular weight excluding hydrogens is 368 g/mol. The second-order valence-corrected chi connectivity index (χ2v) is 9.10. The van der Waals surface area contributed by atoms with Gasteiger partial charge in [0, 0.05) is 25.7 Å². The number of aromatic nitrogens is 1. The normalized spacial score (nSPS) is 19.8. The van der Waals surface area contributed by atoms with Gasteiger partial charge in [-0.05, 0) is 37.8 Å². The van der Waals surface area contributed by atoms with E-state index in [4.69, 9.17) is 4.52 Å². The third kappa shape index (κ3) is 3.39. The average Bonchev–Trinajstić information content (AvgIpc) is 3.28. The highest BCUT2D eigenvalue weighted by atomic mass is 32.2. The molecule has 2 amide bonds. The number of para-hydroxylation sites is 1. The Bertz CT molecular complexity index is 956. The number of hydrogen-bond donors (Lipinski definition) is 1. The number of carbonyl (C=O) groups excluding carboxylic acids is 1. The number of urea groups is 1. The van der Waals surface area contributed by atoms with E-state index in [9.17, 15) is 13.2 Å². The van der Waals surface area contributed by atoms with Crippen LogP contribution in [0.3, 0.4) is 0 Å². The van der Waals surface area contributed by atoms with E-state index < -0.39 is 15.3 Å². The Morgan fingerprint density at radius 3 is 2.89 bits per heavy atom. The van der Waals surface area contributed by atoms with Crippen molar-refractivity contribution in [1.29, 1.82) is 0 Å². The number of fused-ring (bicyclic) bond motifs is 1. The van der Waals surface area contributed by atoms with E-state index in [1.54, 1.807) is 13.0 Å². The quantitative estimate of drug-likeness (QED) is 0.868. The zero-order valence-corrected chi connectivity index (χ0v) is 15.9. The minimum Gasteiger partial charge on any atom is -0.360 e.